The minimum atomic E-state index is -0.690. The van der Waals surface area contributed by atoms with Crippen molar-refractivity contribution in [3.8, 4) is 16.9 Å². The molecule has 0 atom stereocenters. The monoisotopic (exact) mass is 469 g/mol. The third-order valence-corrected chi connectivity index (χ3v) is 4.85. The molecule has 168 valence electrons. The molecule has 0 saturated carbocycles. The molecule has 10 nitrogen and oxygen atoms in total. The zero-order valence-electron chi connectivity index (χ0n) is 17.4. The van der Waals surface area contributed by atoms with Crippen molar-refractivity contribution in [2.75, 3.05) is 17.7 Å². The van der Waals surface area contributed by atoms with E-state index < -0.39 is 10.7 Å². The van der Waals surface area contributed by atoms with Gasteiger partial charge in [-0.3, -0.25) is 14.8 Å². The molecule has 2 N–H and O–H groups in total. The summed E-state index contributed by atoms with van der Waals surface area (Å²) in [6.07, 6.45) is 4.83. The van der Waals surface area contributed by atoms with Crippen LogP contribution in [0.2, 0.25) is 5.02 Å². The molecular formula is C21H17ClFN7O3. The predicted molar refractivity (Wildman–Crippen MR) is 122 cm³/mol. The van der Waals surface area contributed by atoms with Gasteiger partial charge in [-0.15, -0.1) is 0 Å². The van der Waals surface area contributed by atoms with E-state index in [0.29, 0.717) is 27.6 Å². The summed E-state index contributed by atoms with van der Waals surface area (Å²) in [6, 6.07) is 8.17. The molecule has 2 aromatic carbocycles. The van der Waals surface area contributed by atoms with E-state index in [1.807, 2.05) is 0 Å². The summed E-state index contributed by atoms with van der Waals surface area (Å²) in [4.78, 5) is 19.4. The Morgan fingerprint density at radius 3 is 2.67 bits per heavy atom. The molecule has 0 aliphatic rings. The Bertz CT molecular complexity index is 1350. The topological polar surface area (TPSA) is 120 Å². The van der Waals surface area contributed by atoms with Crippen molar-refractivity contribution in [2.45, 2.75) is 0 Å². The number of methoxy groups -OCH3 is 1. The van der Waals surface area contributed by atoms with Gasteiger partial charge in [0.15, 0.2) is 0 Å². The highest BCUT2D eigenvalue weighted by Crippen LogP contribution is 2.38. The number of hydrogen-bond donors (Lipinski definition) is 2. The SMILES string of the molecule is COc1ccc(Cl)cc1-c1cnc(Nc2cnn(C)c2)nc1Nc1cc([N+](=O)[O-])ccc1F. The number of benzene rings is 2. The maximum Gasteiger partial charge on any atom is 0.271 e. The fourth-order valence-corrected chi connectivity index (χ4v) is 3.26. The maximum absolute atomic E-state index is 14.5. The Labute approximate surface area is 192 Å². The molecule has 4 aromatic rings. The first-order valence-electron chi connectivity index (χ1n) is 9.51. The minimum absolute atomic E-state index is 0.127. The standard InChI is InChI=1S/C21H17ClFN7O3/c1-29-11-13(9-25-29)26-21-24-10-16(15-7-12(22)3-6-19(15)33-2)20(28-21)27-18-8-14(30(31)32)4-5-17(18)23/h3-11H,1-2H3,(H2,24,26,27,28). The van der Waals surface area contributed by atoms with E-state index in [1.165, 1.54) is 13.3 Å². The lowest BCUT2D eigenvalue weighted by Crippen LogP contribution is -2.04. The number of nitro groups is 1. The fourth-order valence-electron chi connectivity index (χ4n) is 3.09. The smallest absolute Gasteiger partial charge is 0.271 e. The van der Waals surface area contributed by atoms with Crippen molar-refractivity contribution in [1.29, 1.82) is 0 Å². The maximum atomic E-state index is 14.5. The summed E-state index contributed by atoms with van der Waals surface area (Å²) in [6.45, 7) is 0. The second-order valence-corrected chi connectivity index (χ2v) is 7.31. The summed E-state index contributed by atoms with van der Waals surface area (Å²) in [5, 5.41) is 21.5. The van der Waals surface area contributed by atoms with Crippen molar-refractivity contribution in [3.05, 3.63) is 75.9 Å². The Hall–Kier alpha value is -4.25. The second kappa shape index (κ2) is 9.09. The predicted octanol–water partition coefficient (Wildman–Crippen LogP) is 5.07. The average molecular weight is 470 g/mol. The van der Waals surface area contributed by atoms with Crippen molar-refractivity contribution in [1.82, 2.24) is 19.7 Å². The lowest BCUT2D eigenvalue weighted by Gasteiger charge is -2.15. The van der Waals surface area contributed by atoms with Gasteiger partial charge in [0.05, 0.1) is 29.6 Å². The number of rotatable bonds is 7. The average Bonchev–Trinajstić information content (AvgIpc) is 3.19. The Balaban J connectivity index is 1.83. The largest absolute Gasteiger partial charge is 0.496 e. The van der Waals surface area contributed by atoms with Gasteiger partial charge in [0.1, 0.15) is 17.4 Å². The van der Waals surface area contributed by atoms with Crippen molar-refractivity contribution < 1.29 is 14.1 Å². The van der Waals surface area contributed by atoms with E-state index >= 15 is 0 Å². The summed E-state index contributed by atoms with van der Waals surface area (Å²) in [7, 11) is 3.26. The van der Waals surface area contributed by atoms with Gasteiger partial charge in [0.2, 0.25) is 5.95 Å². The highest BCUT2D eigenvalue weighted by atomic mass is 35.5. The van der Waals surface area contributed by atoms with Crippen LogP contribution in [0.25, 0.3) is 11.1 Å². The molecule has 0 fully saturated rings. The molecule has 0 bridgehead atoms. The number of non-ortho nitro benzene ring substituents is 1. The third-order valence-electron chi connectivity index (χ3n) is 4.62. The summed E-state index contributed by atoms with van der Waals surface area (Å²) in [5.41, 5.74) is 1.22. The van der Waals surface area contributed by atoms with Crippen LogP contribution in [0.15, 0.2) is 55.0 Å². The Kier molecular flexibility index (Phi) is 6.05. The molecule has 0 unspecified atom stereocenters. The van der Waals surface area contributed by atoms with E-state index in [9.17, 15) is 14.5 Å². The number of hydrogen-bond acceptors (Lipinski definition) is 8. The molecule has 0 amide bonds. The molecule has 0 radical (unpaired) electrons. The van der Waals surface area contributed by atoms with Gasteiger partial charge in [0.25, 0.3) is 5.69 Å². The van der Waals surface area contributed by atoms with Crippen LogP contribution in [0, 0.1) is 15.9 Å². The van der Waals surface area contributed by atoms with E-state index in [4.69, 9.17) is 16.3 Å². The van der Waals surface area contributed by atoms with Gasteiger partial charge in [0, 0.05) is 47.7 Å². The van der Waals surface area contributed by atoms with Crippen LogP contribution < -0.4 is 15.4 Å². The van der Waals surface area contributed by atoms with Crippen molar-refractivity contribution in [3.63, 3.8) is 0 Å². The van der Waals surface area contributed by atoms with Gasteiger partial charge >= 0.3 is 0 Å². The summed E-state index contributed by atoms with van der Waals surface area (Å²) < 4.78 is 21.5. The first kappa shape index (κ1) is 22.0. The zero-order valence-corrected chi connectivity index (χ0v) is 18.2. The number of nitrogens with one attached hydrogen (secondary N) is 2. The van der Waals surface area contributed by atoms with Crippen LogP contribution in [0.1, 0.15) is 0 Å². The lowest BCUT2D eigenvalue weighted by atomic mass is 10.1. The molecule has 12 heteroatoms. The van der Waals surface area contributed by atoms with Crippen LogP contribution in [0.5, 0.6) is 5.75 Å². The molecule has 0 saturated heterocycles. The summed E-state index contributed by atoms with van der Waals surface area (Å²) >= 11 is 6.18. The number of ether oxygens (including phenoxy) is 1. The first-order valence-corrected chi connectivity index (χ1v) is 9.89. The highest BCUT2D eigenvalue weighted by molar-refractivity contribution is 6.31. The number of halogens is 2. The molecule has 4 rings (SSSR count). The molecule has 0 aliphatic carbocycles. The van der Waals surface area contributed by atoms with E-state index in [-0.39, 0.29) is 23.1 Å². The first-order chi connectivity index (χ1) is 15.8. The highest BCUT2D eigenvalue weighted by Gasteiger charge is 2.18. The van der Waals surface area contributed by atoms with E-state index in [0.717, 1.165) is 18.2 Å². The number of nitrogens with zero attached hydrogens (tertiary/aromatic N) is 5. The molecule has 2 heterocycles. The number of aryl methyl sites for hydroxylation is 1. The number of nitro benzene ring substituents is 1. The van der Waals surface area contributed by atoms with Gasteiger partial charge in [-0.1, -0.05) is 11.6 Å². The van der Waals surface area contributed by atoms with Crippen LogP contribution in [0.3, 0.4) is 0 Å². The quantitative estimate of drug-likeness (QED) is 0.284. The van der Waals surface area contributed by atoms with Crippen molar-refractivity contribution in [2.24, 2.45) is 7.05 Å². The molecule has 0 spiro atoms. The molecule has 33 heavy (non-hydrogen) atoms. The van der Waals surface area contributed by atoms with Gasteiger partial charge in [-0.2, -0.15) is 10.1 Å². The third kappa shape index (κ3) is 4.83. The molecule has 0 aliphatic heterocycles. The van der Waals surface area contributed by atoms with E-state index in [2.05, 4.69) is 25.7 Å². The molecule has 2 aromatic heterocycles. The van der Waals surface area contributed by atoms with Crippen LogP contribution in [0.4, 0.5) is 33.2 Å². The Morgan fingerprint density at radius 1 is 1.15 bits per heavy atom. The lowest BCUT2D eigenvalue weighted by molar-refractivity contribution is -0.384. The summed E-state index contributed by atoms with van der Waals surface area (Å²) in [5.74, 6) is 0.168. The van der Waals surface area contributed by atoms with Crippen LogP contribution in [-0.2, 0) is 7.05 Å². The van der Waals surface area contributed by atoms with Gasteiger partial charge in [-0.05, 0) is 24.3 Å². The second-order valence-electron chi connectivity index (χ2n) is 6.87. The zero-order chi connectivity index (χ0) is 23.5. The fraction of sp³-hybridized carbons (Fsp3) is 0.0952. The normalized spacial score (nSPS) is 10.7. The number of aromatic nitrogens is 4. The van der Waals surface area contributed by atoms with Gasteiger partial charge in [-0.25, -0.2) is 9.37 Å². The minimum Gasteiger partial charge on any atom is -0.496 e. The van der Waals surface area contributed by atoms with Crippen LogP contribution in [-0.4, -0.2) is 31.8 Å². The van der Waals surface area contributed by atoms with Gasteiger partial charge < -0.3 is 15.4 Å². The number of anilines is 4. The Morgan fingerprint density at radius 2 is 1.97 bits per heavy atom. The molecular weight excluding hydrogens is 453 g/mol. The van der Waals surface area contributed by atoms with Crippen molar-refractivity contribution >= 4 is 40.4 Å². The van der Waals surface area contributed by atoms with E-state index in [1.54, 1.807) is 42.3 Å². The van der Waals surface area contributed by atoms with Crippen LogP contribution >= 0.6 is 11.6 Å².